The van der Waals surface area contributed by atoms with Crippen LogP contribution < -0.4 is 24.7 Å². The average Bonchev–Trinajstić information content (AvgIpc) is 2.79. The lowest BCUT2D eigenvalue weighted by Gasteiger charge is -2.27. The molecule has 3 aromatic carbocycles. The number of benzene rings is 3. The Balaban J connectivity index is 1.54. The highest BCUT2D eigenvalue weighted by Gasteiger charge is 2.26. The van der Waals surface area contributed by atoms with Crippen molar-refractivity contribution in [2.24, 2.45) is 0 Å². The summed E-state index contributed by atoms with van der Waals surface area (Å²) in [7, 11) is 3.29. The predicted octanol–water partition coefficient (Wildman–Crippen LogP) is 2.90. The second kappa shape index (κ2) is 7.39. The maximum Gasteiger partial charge on any atom is 0.344 e. The highest BCUT2D eigenvalue weighted by Crippen LogP contribution is 2.32. The minimum atomic E-state index is -0.324. The summed E-state index contributed by atoms with van der Waals surface area (Å²) in [6, 6.07) is 17.3. The maximum atomic E-state index is 12.6. The average molecular weight is 404 g/mol. The molecular weight excluding hydrogens is 382 g/mol. The van der Waals surface area contributed by atoms with Gasteiger partial charge in [0, 0.05) is 17.0 Å². The first kappa shape index (κ1) is 18.5. The number of rotatable bonds is 4. The Morgan fingerprint density at radius 3 is 2.60 bits per heavy atom. The zero-order chi connectivity index (χ0) is 20.7. The molecule has 4 aromatic rings. The van der Waals surface area contributed by atoms with Crippen LogP contribution in [-0.4, -0.2) is 21.0 Å². The molecule has 1 aliphatic heterocycles. The summed E-state index contributed by atoms with van der Waals surface area (Å²) in [6.45, 7) is 1.91. The van der Waals surface area contributed by atoms with Gasteiger partial charge in [-0.3, -0.25) is 4.90 Å². The molecule has 152 valence electrons. The molecule has 1 aromatic heterocycles. The summed E-state index contributed by atoms with van der Waals surface area (Å²) < 4.78 is 22.6. The summed E-state index contributed by atoms with van der Waals surface area (Å²) in [5.41, 5.74) is 2.27. The van der Waals surface area contributed by atoms with E-state index in [1.807, 2.05) is 48.5 Å². The Labute approximate surface area is 173 Å². The SMILES string of the molecule is COc1ccc(C[NH+]2COc3ccc4c(oc(=O)c5ccccc54)c3C2)c(OC)c1. The van der Waals surface area contributed by atoms with Crippen molar-refractivity contribution in [2.45, 2.75) is 13.1 Å². The normalized spacial score (nSPS) is 15.6. The van der Waals surface area contributed by atoms with E-state index in [9.17, 15) is 4.79 Å². The second-order valence-electron chi connectivity index (χ2n) is 7.42. The van der Waals surface area contributed by atoms with Crippen LogP contribution in [0.15, 0.2) is 63.8 Å². The number of ether oxygens (including phenoxy) is 3. The molecule has 0 fully saturated rings. The summed E-state index contributed by atoms with van der Waals surface area (Å²) in [6.07, 6.45) is 0. The molecule has 0 amide bonds. The molecule has 30 heavy (non-hydrogen) atoms. The first-order valence-corrected chi connectivity index (χ1v) is 9.82. The lowest BCUT2D eigenvalue weighted by Crippen LogP contribution is -3.10. The van der Waals surface area contributed by atoms with Gasteiger partial charge in [0.15, 0.2) is 5.58 Å². The molecule has 5 rings (SSSR count). The molecule has 0 aliphatic carbocycles. The zero-order valence-corrected chi connectivity index (χ0v) is 16.9. The molecule has 0 saturated heterocycles. The van der Waals surface area contributed by atoms with Gasteiger partial charge in [-0.05, 0) is 35.7 Å². The van der Waals surface area contributed by atoms with E-state index in [-0.39, 0.29) is 5.63 Å². The third-order valence-corrected chi connectivity index (χ3v) is 5.64. The molecule has 1 aliphatic rings. The van der Waals surface area contributed by atoms with E-state index >= 15 is 0 Å². The van der Waals surface area contributed by atoms with Gasteiger partial charge in [-0.15, -0.1) is 0 Å². The monoisotopic (exact) mass is 404 g/mol. The van der Waals surface area contributed by atoms with Gasteiger partial charge in [-0.1, -0.05) is 18.2 Å². The van der Waals surface area contributed by atoms with E-state index < -0.39 is 0 Å². The Kier molecular flexibility index (Phi) is 4.56. The highest BCUT2D eigenvalue weighted by molar-refractivity contribution is 6.05. The lowest BCUT2D eigenvalue weighted by atomic mass is 10.0. The van der Waals surface area contributed by atoms with Crippen LogP contribution in [0.25, 0.3) is 21.7 Å². The van der Waals surface area contributed by atoms with E-state index in [4.69, 9.17) is 18.6 Å². The molecule has 0 radical (unpaired) electrons. The van der Waals surface area contributed by atoms with Gasteiger partial charge in [0.1, 0.15) is 30.3 Å². The van der Waals surface area contributed by atoms with Gasteiger partial charge in [0.05, 0.1) is 25.2 Å². The fraction of sp³-hybridized carbons (Fsp3) is 0.208. The van der Waals surface area contributed by atoms with Crippen LogP contribution >= 0.6 is 0 Å². The van der Waals surface area contributed by atoms with E-state index in [2.05, 4.69) is 0 Å². The van der Waals surface area contributed by atoms with Crippen molar-refractivity contribution in [1.82, 2.24) is 0 Å². The van der Waals surface area contributed by atoms with Crippen LogP contribution in [0.5, 0.6) is 17.2 Å². The number of quaternary nitrogens is 1. The number of hydrogen-bond donors (Lipinski definition) is 1. The van der Waals surface area contributed by atoms with Gasteiger partial charge < -0.3 is 18.6 Å². The molecule has 0 spiro atoms. The fourth-order valence-corrected chi connectivity index (χ4v) is 4.15. The van der Waals surface area contributed by atoms with Crippen molar-refractivity contribution in [3.63, 3.8) is 0 Å². The van der Waals surface area contributed by atoms with E-state index in [0.29, 0.717) is 30.8 Å². The Morgan fingerprint density at radius 1 is 0.967 bits per heavy atom. The summed E-state index contributed by atoms with van der Waals surface area (Å²) in [5, 5.41) is 2.42. The van der Waals surface area contributed by atoms with Crippen LogP contribution in [0.1, 0.15) is 11.1 Å². The van der Waals surface area contributed by atoms with Crippen molar-refractivity contribution in [1.29, 1.82) is 0 Å². The quantitative estimate of drug-likeness (QED) is 0.419. The highest BCUT2D eigenvalue weighted by atomic mass is 16.5. The molecule has 0 saturated carbocycles. The van der Waals surface area contributed by atoms with Gasteiger partial charge in [0.2, 0.25) is 6.73 Å². The lowest BCUT2D eigenvalue weighted by molar-refractivity contribution is -0.945. The number of hydrogen-bond acceptors (Lipinski definition) is 5. The van der Waals surface area contributed by atoms with Crippen LogP contribution in [0.3, 0.4) is 0 Å². The third kappa shape index (κ3) is 3.06. The van der Waals surface area contributed by atoms with E-state index in [0.717, 1.165) is 39.1 Å². The Morgan fingerprint density at radius 2 is 1.80 bits per heavy atom. The molecule has 0 bridgehead atoms. The standard InChI is InChI=1S/C24H21NO5/c1-27-16-8-7-15(22(11-16)28-2)12-25-13-20-21(29-14-25)10-9-18-17-5-3-4-6-19(17)24(26)30-23(18)20/h3-11H,12-14H2,1-2H3/p+1. The molecule has 2 heterocycles. The van der Waals surface area contributed by atoms with Crippen molar-refractivity contribution in [3.05, 3.63) is 76.1 Å². The number of nitrogens with one attached hydrogen (secondary N) is 1. The molecule has 6 nitrogen and oxygen atoms in total. The third-order valence-electron chi connectivity index (χ3n) is 5.64. The van der Waals surface area contributed by atoms with Crippen LogP contribution in [0.4, 0.5) is 0 Å². The summed E-state index contributed by atoms with van der Waals surface area (Å²) in [5.74, 6) is 2.31. The first-order valence-electron chi connectivity index (χ1n) is 9.82. The van der Waals surface area contributed by atoms with Gasteiger partial charge in [0.25, 0.3) is 0 Å². The fourth-order valence-electron chi connectivity index (χ4n) is 4.15. The van der Waals surface area contributed by atoms with Crippen molar-refractivity contribution in [2.75, 3.05) is 21.0 Å². The zero-order valence-electron chi connectivity index (χ0n) is 16.9. The number of fused-ring (bicyclic) bond motifs is 5. The van der Waals surface area contributed by atoms with Gasteiger partial charge in [-0.2, -0.15) is 0 Å². The Bertz CT molecular complexity index is 1310. The van der Waals surface area contributed by atoms with Crippen molar-refractivity contribution >= 4 is 21.7 Å². The van der Waals surface area contributed by atoms with E-state index in [1.54, 1.807) is 20.3 Å². The summed E-state index contributed by atoms with van der Waals surface area (Å²) in [4.78, 5) is 13.7. The molecule has 1 N–H and O–H groups in total. The van der Waals surface area contributed by atoms with Crippen molar-refractivity contribution in [3.8, 4) is 17.2 Å². The van der Waals surface area contributed by atoms with Crippen molar-refractivity contribution < 1.29 is 23.5 Å². The predicted molar refractivity (Wildman–Crippen MR) is 113 cm³/mol. The van der Waals surface area contributed by atoms with Crippen LogP contribution in [-0.2, 0) is 13.1 Å². The minimum Gasteiger partial charge on any atom is -0.497 e. The maximum absolute atomic E-state index is 12.6. The Hall–Kier alpha value is -3.51. The van der Waals surface area contributed by atoms with E-state index in [1.165, 1.54) is 4.90 Å². The number of methoxy groups -OCH3 is 2. The minimum absolute atomic E-state index is 0.324. The topological polar surface area (TPSA) is 62.3 Å². The van der Waals surface area contributed by atoms with Crippen LogP contribution in [0, 0.1) is 0 Å². The van der Waals surface area contributed by atoms with Crippen LogP contribution in [0.2, 0.25) is 0 Å². The van der Waals surface area contributed by atoms with Gasteiger partial charge >= 0.3 is 5.63 Å². The second-order valence-corrected chi connectivity index (χ2v) is 7.42. The molecule has 6 heteroatoms. The first-order chi connectivity index (χ1) is 14.7. The smallest absolute Gasteiger partial charge is 0.344 e. The largest absolute Gasteiger partial charge is 0.497 e. The van der Waals surface area contributed by atoms with Gasteiger partial charge in [-0.25, -0.2) is 4.79 Å². The molecule has 1 unspecified atom stereocenters. The molecule has 1 atom stereocenters. The summed E-state index contributed by atoms with van der Waals surface area (Å²) >= 11 is 0. The molecular formula is C24H22NO5+.